The monoisotopic (exact) mass is 246 g/mol. The third kappa shape index (κ3) is 2.32. The molecule has 0 spiro atoms. The van der Waals surface area contributed by atoms with Crippen LogP contribution in [0.25, 0.3) is 0 Å². The van der Waals surface area contributed by atoms with Gasteiger partial charge >= 0.3 is 0 Å². The van der Waals surface area contributed by atoms with Crippen molar-refractivity contribution in [3.63, 3.8) is 0 Å². The van der Waals surface area contributed by atoms with Crippen LogP contribution in [0.4, 0.5) is 0 Å². The van der Waals surface area contributed by atoms with Crippen LogP contribution in [-0.4, -0.2) is 33.3 Å². The lowest BCUT2D eigenvalue weighted by Crippen LogP contribution is -1.96. The number of ether oxygens (including phenoxy) is 1. The van der Waals surface area contributed by atoms with Gasteiger partial charge in [-0.05, 0) is 37.6 Å². The van der Waals surface area contributed by atoms with Gasteiger partial charge in [-0.3, -0.25) is 0 Å². The Labute approximate surface area is 105 Å². The van der Waals surface area contributed by atoms with Crippen molar-refractivity contribution in [2.75, 3.05) is 7.11 Å². The molecule has 6 nitrogen and oxygen atoms in total. The lowest BCUT2D eigenvalue weighted by Gasteiger charge is -2.03. The Balaban J connectivity index is 2.29. The summed E-state index contributed by atoms with van der Waals surface area (Å²) in [6.07, 6.45) is 1.66. The lowest BCUT2D eigenvalue weighted by molar-refractivity contribution is 0.373. The zero-order chi connectivity index (χ0) is 13.1. The molecule has 0 saturated heterocycles. The molecule has 1 aromatic carbocycles. The molecule has 1 aromatic heterocycles. The Kier molecular flexibility index (Phi) is 3.27. The van der Waals surface area contributed by atoms with E-state index in [4.69, 9.17) is 4.74 Å². The van der Waals surface area contributed by atoms with Gasteiger partial charge in [-0.25, -0.2) is 4.68 Å². The summed E-state index contributed by atoms with van der Waals surface area (Å²) in [5.74, 6) is 1.95. The van der Waals surface area contributed by atoms with E-state index >= 15 is 0 Å². The molecule has 0 atom stereocenters. The number of phenolic OH excluding ortho intramolecular Hbond substituents is 1. The maximum atomic E-state index is 9.48. The summed E-state index contributed by atoms with van der Waals surface area (Å²) in [5, 5.41) is 21.6. The van der Waals surface area contributed by atoms with E-state index in [0.717, 1.165) is 17.2 Å². The van der Waals surface area contributed by atoms with E-state index in [1.54, 1.807) is 29.1 Å². The summed E-state index contributed by atoms with van der Waals surface area (Å²) in [5.41, 5.74) is 0.817. The largest absolute Gasteiger partial charge is 0.504 e. The minimum atomic E-state index is 0.103. The van der Waals surface area contributed by atoms with E-state index in [1.807, 2.05) is 13.8 Å². The van der Waals surface area contributed by atoms with Crippen LogP contribution in [0.3, 0.4) is 0 Å². The predicted octanol–water partition coefficient (Wildman–Crippen LogP) is 1.49. The van der Waals surface area contributed by atoms with Crippen molar-refractivity contribution in [2.24, 2.45) is 5.10 Å². The number of aryl methyl sites for hydroxylation is 2. The molecule has 0 amide bonds. The number of hydrogen-bond acceptors (Lipinski definition) is 5. The molecule has 0 aliphatic rings. The molecule has 6 heteroatoms. The molecule has 1 N–H and O–H groups in total. The number of nitrogens with zero attached hydrogens (tertiary/aromatic N) is 4. The number of aromatic nitrogens is 3. The molecule has 2 rings (SSSR count). The standard InChI is InChI=1S/C12H14N4O2/c1-8-14-15-9(2)16(8)13-7-10-4-5-11(17)12(6-10)18-3/h4-7,17H,1-3H3. The van der Waals surface area contributed by atoms with Crippen LogP contribution in [0, 0.1) is 13.8 Å². The van der Waals surface area contributed by atoms with Gasteiger partial charge < -0.3 is 9.84 Å². The zero-order valence-electron chi connectivity index (χ0n) is 10.5. The third-order valence-corrected chi connectivity index (χ3v) is 2.48. The summed E-state index contributed by atoms with van der Waals surface area (Å²) in [7, 11) is 1.50. The van der Waals surface area contributed by atoms with Crippen molar-refractivity contribution >= 4 is 6.21 Å². The summed E-state index contributed by atoms with van der Waals surface area (Å²) < 4.78 is 6.67. The number of hydrogen-bond donors (Lipinski definition) is 1. The Bertz CT molecular complexity index is 570. The average Bonchev–Trinajstić information content (AvgIpc) is 2.68. The number of methoxy groups -OCH3 is 1. The van der Waals surface area contributed by atoms with Gasteiger partial charge in [-0.15, -0.1) is 10.2 Å². The molecular formula is C12H14N4O2. The molecule has 2 aromatic rings. The molecular weight excluding hydrogens is 232 g/mol. The highest BCUT2D eigenvalue weighted by atomic mass is 16.5. The van der Waals surface area contributed by atoms with E-state index in [-0.39, 0.29) is 5.75 Å². The molecule has 0 saturated carbocycles. The minimum Gasteiger partial charge on any atom is -0.504 e. The topological polar surface area (TPSA) is 72.5 Å². The second-order valence-corrected chi connectivity index (χ2v) is 3.78. The molecule has 0 bridgehead atoms. The predicted molar refractivity (Wildman–Crippen MR) is 67.1 cm³/mol. The van der Waals surface area contributed by atoms with Crippen molar-refractivity contribution < 1.29 is 9.84 Å². The highest BCUT2D eigenvalue weighted by Crippen LogP contribution is 2.25. The summed E-state index contributed by atoms with van der Waals surface area (Å²) >= 11 is 0. The van der Waals surface area contributed by atoms with Gasteiger partial charge in [0.1, 0.15) is 0 Å². The fourth-order valence-corrected chi connectivity index (χ4v) is 1.53. The lowest BCUT2D eigenvalue weighted by atomic mass is 10.2. The van der Waals surface area contributed by atoms with Gasteiger partial charge in [0.25, 0.3) is 0 Å². The number of benzene rings is 1. The van der Waals surface area contributed by atoms with E-state index < -0.39 is 0 Å². The molecule has 0 aliphatic heterocycles. The number of aromatic hydroxyl groups is 1. The maximum Gasteiger partial charge on any atom is 0.161 e. The van der Waals surface area contributed by atoms with Crippen molar-refractivity contribution in [3.8, 4) is 11.5 Å². The second kappa shape index (κ2) is 4.87. The first-order valence-corrected chi connectivity index (χ1v) is 5.42. The molecule has 0 radical (unpaired) electrons. The molecule has 0 fully saturated rings. The van der Waals surface area contributed by atoms with Gasteiger partial charge in [-0.2, -0.15) is 5.10 Å². The van der Waals surface area contributed by atoms with E-state index in [0.29, 0.717) is 5.75 Å². The van der Waals surface area contributed by atoms with Crippen molar-refractivity contribution in [1.29, 1.82) is 0 Å². The Hall–Kier alpha value is -2.37. The van der Waals surface area contributed by atoms with Crippen LogP contribution >= 0.6 is 0 Å². The van der Waals surface area contributed by atoms with E-state index in [9.17, 15) is 5.11 Å². The molecule has 1 heterocycles. The Morgan fingerprint density at radius 3 is 2.56 bits per heavy atom. The van der Waals surface area contributed by atoms with Crippen LogP contribution in [-0.2, 0) is 0 Å². The smallest absolute Gasteiger partial charge is 0.161 e. The third-order valence-electron chi connectivity index (χ3n) is 2.48. The van der Waals surface area contributed by atoms with Gasteiger partial charge in [0.05, 0.1) is 13.3 Å². The van der Waals surface area contributed by atoms with Crippen LogP contribution in [0.15, 0.2) is 23.3 Å². The number of phenols is 1. The Morgan fingerprint density at radius 1 is 1.28 bits per heavy atom. The van der Waals surface area contributed by atoms with Crippen molar-refractivity contribution in [1.82, 2.24) is 14.9 Å². The molecule has 94 valence electrons. The minimum absolute atomic E-state index is 0.103. The van der Waals surface area contributed by atoms with Gasteiger partial charge in [0.2, 0.25) is 0 Å². The van der Waals surface area contributed by atoms with Crippen LogP contribution in [0.5, 0.6) is 11.5 Å². The van der Waals surface area contributed by atoms with Crippen molar-refractivity contribution in [3.05, 3.63) is 35.4 Å². The quantitative estimate of drug-likeness (QED) is 0.833. The summed E-state index contributed by atoms with van der Waals surface area (Å²) in [6.45, 7) is 3.66. The number of rotatable bonds is 3. The first kappa shape index (κ1) is 12.1. The molecule has 18 heavy (non-hydrogen) atoms. The van der Waals surface area contributed by atoms with Gasteiger partial charge in [-0.1, -0.05) is 0 Å². The summed E-state index contributed by atoms with van der Waals surface area (Å²) in [4.78, 5) is 0. The van der Waals surface area contributed by atoms with E-state index in [2.05, 4.69) is 15.3 Å². The highest BCUT2D eigenvalue weighted by molar-refractivity contribution is 5.80. The van der Waals surface area contributed by atoms with E-state index in [1.165, 1.54) is 7.11 Å². The first-order valence-electron chi connectivity index (χ1n) is 5.42. The summed E-state index contributed by atoms with van der Waals surface area (Å²) in [6, 6.07) is 5.01. The second-order valence-electron chi connectivity index (χ2n) is 3.78. The van der Waals surface area contributed by atoms with Gasteiger partial charge in [0, 0.05) is 0 Å². The highest BCUT2D eigenvalue weighted by Gasteiger charge is 2.03. The SMILES string of the molecule is COc1cc(C=Nn2c(C)nnc2C)ccc1O. The molecule has 0 aliphatic carbocycles. The fourth-order valence-electron chi connectivity index (χ4n) is 1.53. The Morgan fingerprint density at radius 2 is 1.94 bits per heavy atom. The normalized spacial score (nSPS) is 11.1. The molecule has 0 unspecified atom stereocenters. The van der Waals surface area contributed by atoms with Crippen LogP contribution in [0.1, 0.15) is 17.2 Å². The van der Waals surface area contributed by atoms with Crippen LogP contribution < -0.4 is 4.74 Å². The maximum absolute atomic E-state index is 9.48. The van der Waals surface area contributed by atoms with Gasteiger partial charge in [0.15, 0.2) is 23.1 Å². The average molecular weight is 246 g/mol. The fraction of sp³-hybridized carbons (Fsp3) is 0.250. The first-order chi connectivity index (χ1) is 8.61. The van der Waals surface area contributed by atoms with Crippen molar-refractivity contribution in [2.45, 2.75) is 13.8 Å². The zero-order valence-corrected chi connectivity index (χ0v) is 10.5. The van der Waals surface area contributed by atoms with Crippen LogP contribution in [0.2, 0.25) is 0 Å².